The fraction of sp³-hybridized carbons (Fsp3) is 0.450. The monoisotopic (exact) mass is 352 g/mol. The summed E-state index contributed by atoms with van der Waals surface area (Å²) < 4.78 is 5.53. The van der Waals surface area contributed by atoms with E-state index in [0.29, 0.717) is 12.5 Å². The van der Waals surface area contributed by atoms with E-state index in [-0.39, 0.29) is 12.0 Å². The van der Waals surface area contributed by atoms with Gasteiger partial charge in [-0.05, 0) is 49.9 Å². The zero-order valence-corrected chi connectivity index (χ0v) is 14.8. The van der Waals surface area contributed by atoms with E-state index < -0.39 is 0 Å². The van der Waals surface area contributed by atoms with Crippen LogP contribution in [0.5, 0.6) is 0 Å². The molecule has 0 aliphatic carbocycles. The predicted octanol–water partition coefficient (Wildman–Crippen LogP) is 3.11. The van der Waals surface area contributed by atoms with Crippen molar-refractivity contribution in [2.24, 2.45) is 0 Å². The van der Waals surface area contributed by atoms with Crippen molar-refractivity contribution in [3.05, 3.63) is 48.3 Å². The summed E-state index contributed by atoms with van der Waals surface area (Å²) >= 11 is 0. The molecule has 26 heavy (non-hydrogen) atoms. The second-order valence-electron chi connectivity index (χ2n) is 6.89. The number of pyridine rings is 2. The van der Waals surface area contributed by atoms with Gasteiger partial charge in [0.15, 0.2) is 0 Å². The third-order valence-electron chi connectivity index (χ3n) is 5.12. The maximum absolute atomic E-state index is 12.5. The minimum atomic E-state index is -0.212. The van der Waals surface area contributed by atoms with Gasteiger partial charge in [0.2, 0.25) is 0 Å². The summed E-state index contributed by atoms with van der Waals surface area (Å²) in [6.07, 6.45) is 5.29. The van der Waals surface area contributed by atoms with E-state index in [0.717, 1.165) is 56.1 Å². The van der Waals surface area contributed by atoms with Crippen molar-refractivity contribution in [2.75, 3.05) is 25.0 Å². The molecule has 1 amide bonds. The standard InChI is InChI=1S/C20H24N4O2/c25-20(17-6-4-14-26-17)24-12-9-15(10-13-24)16-5-3-8-19(22-16)23-18-7-1-2-11-21-18/h1-3,5,7-8,11,15,17H,4,6,9-10,12-14H2,(H,21,22,23)/t17-/m1/s1. The van der Waals surface area contributed by atoms with Gasteiger partial charge in [-0.15, -0.1) is 0 Å². The highest BCUT2D eigenvalue weighted by atomic mass is 16.5. The lowest BCUT2D eigenvalue weighted by molar-refractivity contribution is -0.142. The fourth-order valence-electron chi connectivity index (χ4n) is 3.69. The van der Waals surface area contributed by atoms with Crippen LogP contribution in [-0.4, -0.2) is 46.6 Å². The molecule has 4 rings (SSSR count). The number of anilines is 2. The number of nitrogens with zero attached hydrogens (tertiary/aromatic N) is 3. The van der Waals surface area contributed by atoms with Crippen LogP contribution in [0.25, 0.3) is 0 Å². The van der Waals surface area contributed by atoms with Crippen molar-refractivity contribution in [3.63, 3.8) is 0 Å². The number of likely N-dealkylation sites (tertiary alicyclic amines) is 1. The Kier molecular flexibility index (Phi) is 5.11. The van der Waals surface area contributed by atoms with Gasteiger partial charge in [-0.3, -0.25) is 4.79 Å². The van der Waals surface area contributed by atoms with E-state index in [1.165, 1.54) is 0 Å². The van der Waals surface area contributed by atoms with Crippen molar-refractivity contribution >= 4 is 17.5 Å². The quantitative estimate of drug-likeness (QED) is 0.916. The molecule has 0 aromatic carbocycles. The van der Waals surface area contributed by atoms with Gasteiger partial charge in [0.05, 0.1) is 0 Å². The summed E-state index contributed by atoms with van der Waals surface area (Å²) in [5.41, 5.74) is 1.08. The lowest BCUT2D eigenvalue weighted by atomic mass is 9.92. The zero-order valence-electron chi connectivity index (χ0n) is 14.8. The number of ether oxygens (including phenoxy) is 1. The molecular weight excluding hydrogens is 328 g/mol. The Hall–Kier alpha value is -2.47. The molecule has 0 unspecified atom stereocenters. The Morgan fingerprint density at radius 2 is 1.92 bits per heavy atom. The van der Waals surface area contributed by atoms with Crippen LogP contribution in [0.2, 0.25) is 0 Å². The number of hydrogen-bond donors (Lipinski definition) is 1. The first kappa shape index (κ1) is 17.0. The Morgan fingerprint density at radius 3 is 2.65 bits per heavy atom. The summed E-state index contributed by atoms with van der Waals surface area (Å²) in [7, 11) is 0. The molecule has 2 aromatic heterocycles. The molecule has 0 bridgehead atoms. The van der Waals surface area contributed by atoms with Gasteiger partial charge in [-0.1, -0.05) is 12.1 Å². The zero-order chi connectivity index (χ0) is 17.8. The molecule has 0 radical (unpaired) electrons. The Bertz CT molecular complexity index is 738. The van der Waals surface area contributed by atoms with Crippen LogP contribution >= 0.6 is 0 Å². The third kappa shape index (κ3) is 3.85. The molecule has 2 fully saturated rings. The lowest BCUT2D eigenvalue weighted by Crippen LogP contribution is -2.43. The summed E-state index contributed by atoms with van der Waals surface area (Å²) in [6.45, 7) is 2.28. The van der Waals surface area contributed by atoms with Crippen molar-refractivity contribution in [3.8, 4) is 0 Å². The van der Waals surface area contributed by atoms with Crippen molar-refractivity contribution in [2.45, 2.75) is 37.7 Å². The number of hydrogen-bond acceptors (Lipinski definition) is 5. The van der Waals surface area contributed by atoms with Gasteiger partial charge in [-0.25, -0.2) is 9.97 Å². The van der Waals surface area contributed by atoms with Crippen LogP contribution in [0, 0.1) is 0 Å². The van der Waals surface area contributed by atoms with Crippen LogP contribution < -0.4 is 5.32 Å². The van der Waals surface area contributed by atoms with Gasteiger partial charge in [-0.2, -0.15) is 0 Å². The van der Waals surface area contributed by atoms with Crippen LogP contribution in [0.4, 0.5) is 11.6 Å². The van der Waals surface area contributed by atoms with Crippen LogP contribution in [0.15, 0.2) is 42.6 Å². The summed E-state index contributed by atoms with van der Waals surface area (Å²) in [6, 6.07) is 11.8. The van der Waals surface area contributed by atoms with E-state index in [9.17, 15) is 4.79 Å². The van der Waals surface area contributed by atoms with Crippen LogP contribution in [-0.2, 0) is 9.53 Å². The molecule has 6 nitrogen and oxygen atoms in total. The maximum atomic E-state index is 12.5. The molecule has 2 saturated heterocycles. The molecule has 136 valence electrons. The van der Waals surface area contributed by atoms with Crippen molar-refractivity contribution < 1.29 is 9.53 Å². The van der Waals surface area contributed by atoms with Crippen molar-refractivity contribution in [1.29, 1.82) is 0 Å². The molecule has 2 aliphatic heterocycles. The molecular formula is C20H24N4O2. The summed E-state index contributed by atoms with van der Waals surface area (Å²) in [4.78, 5) is 23.5. The molecule has 2 aromatic rings. The summed E-state index contributed by atoms with van der Waals surface area (Å²) in [5, 5.41) is 3.24. The maximum Gasteiger partial charge on any atom is 0.251 e. The number of amides is 1. The second-order valence-corrected chi connectivity index (χ2v) is 6.89. The SMILES string of the molecule is O=C([C@H]1CCCO1)N1CCC(c2cccc(Nc3ccccn3)n2)CC1. The number of nitrogens with one attached hydrogen (secondary N) is 1. The van der Waals surface area contributed by atoms with Gasteiger partial charge in [0, 0.05) is 37.5 Å². The van der Waals surface area contributed by atoms with E-state index >= 15 is 0 Å². The fourth-order valence-corrected chi connectivity index (χ4v) is 3.69. The molecule has 0 spiro atoms. The molecule has 1 N–H and O–H groups in total. The van der Waals surface area contributed by atoms with Gasteiger partial charge in [0.25, 0.3) is 5.91 Å². The van der Waals surface area contributed by atoms with Gasteiger partial charge >= 0.3 is 0 Å². The third-order valence-corrected chi connectivity index (χ3v) is 5.12. The highest BCUT2D eigenvalue weighted by molar-refractivity contribution is 5.81. The molecule has 1 atom stereocenters. The van der Waals surface area contributed by atoms with E-state index in [1.54, 1.807) is 6.20 Å². The number of piperidine rings is 1. The number of aromatic nitrogens is 2. The molecule has 0 saturated carbocycles. The average Bonchev–Trinajstić information content (AvgIpc) is 3.23. The molecule has 2 aliphatic rings. The van der Waals surface area contributed by atoms with E-state index in [1.807, 2.05) is 35.2 Å². The first-order valence-electron chi connectivity index (χ1n) is 9.35. The minimum Gasteiger partial charge on any atom is -0.368 e. The normalized spacial score (nSPS) is 20.9. The molecule has 4 heterocycles. The predicted molar refractivity (Wildman–Crippen MR) is 99.3 cm³/mol. The second kappa shape index (κ2) is 7.83. The summed E-state index contributed by atoms with van der Waals surface area (Å²) in [5.74, 6) is 2.14. The first-order chi connectivity index (χ1) is 12.8. The highest BCUT2D eigenvalue weighted by Gasteiger charge is 2.31. The average molecular weight is 352 g/mol. The van der Waals surface area contributed by atoms with Gasteiger partial charge in [0.1, 0.15) is 17.7 Å². The van der Waals surface area contributed by atoms with Crippen LogP contribution in [0.3, 0.4) is 0 Å². The van der Waals surface area contributed by atoms with Crippen molar-refractivity contribution in [1.82, 2.24) is 14.9 Å². The largest absolute Gasteiger partial charge is 0.368 e. The lowest BCUT2D eigenvalue weighted by Gasteiger charge is -2.33. The Labute approximate surface area is 153 Å². The smallest absolute Gasteiger partial charge is 0.251 e. The van der Waals surface area contributed by atoms with Crippen LogP contribution in [0.1, 0.15) is 37.3 Å². The number of carbonyl (C=O) groups is 1. The Morgan fingerprint density at radius 1 is 1.08 bits per heavy atom. The molecule has 6 heteroatoms. The van der Waals surface area contributed by atoms with E-state index in [4.69, 9.17) is 9.72 Å². The number of rotatable bonds is 4. The number of carbonyl (C=O) groups excluding carboxylic acids is 1. The topological polar surface area (TPSA) is 67.3 Å². The minimum absolute atomic E-state index is 0.166. The highest BCUT2D eigenvalue weighted by Crippen LogP contribution is 2.29. The first-order valence-corrected chi connectivity index (χ1v) is 9.35. The van der Waals surface area contributed by atoms with E-state index in [2.05, 4.69) is 16.4 Å². The van der Waals surface area contributed by atoms with Gasteiger partial charge < -0.3 is 15.0 Å². The Balaban J connectivity index is 1.37.